The molecular weight excluding hydrogens is 242 g/mol. The summed E-state index contributed by atoms with van der Waals surface area (Å²) < 4.78 is 7.53. The van der Waals surface area contributed by atoms with Crippen LogP contribution >= 0.6 is 0 Å². The van der Waals surface area contributed by atoms with E-state index in [1.54, 1.807) is 6.20 Å². The van der Waals surface area contributed by atoms with E-state index in [1.807, 2.05) is 12.5 Å². The second kappa shape index (κ2) is 8.30. The largest absolute Gasteiger partial charge is 0.389 e. The van der Waals surface area contributed by atoms with Crippen molar-refractivity contribution in [2.24, 2.45) is 5.92 Å². The van der Waals surface area contributed by atoms with Gasteiger partial charge in [0.05, 0.1) is 19.0 Å². The van der Waals surface area contributed by atoms with Crippen LogP contribution in [-0.2, 0) is 11.3 Å². The zero-order valence-corrected chi connectivity index (χ0v) is 11.5. The lowest BCUT2D eigenvalue weighted by atomic mass is 10.3. The Morgan fingerprint density at radius 1 is 1.42 bits per heavy atom. The van der Waals surface area contributed by atoms with Crippen molar-refractivity contribution in [3.05, 3.63) is 18.7 Å². The first kappa shape index (κ1) is 14.5. The summed E-state index contributed by atoms with van der Waals surface area (Å²) in [6.45, 7) is 3.85. The summed E-state index contributed by atoms with van der Waals surface area (Å²) in [4.78, 5) is 4.01. The van der Waals surface area contributed by atoms with E-state index in [0.717, 1.165) is 38.5 Å². The van der Waals surface area contributed by atoms with Crippen LogP contribution in [0.4, 0.5) is 0 Å². The molecule has 0 saturated heterocycles. The van der Waals surface area contributed by atoms with E-state index in [0.29, 0.717) is 13.2 Å². The Labute approximate surface area is 115 Å². The number of hydrogen-bond donors (Lipinski definition) is 2. The minimum Gasteiger partial charge on any atom is -0.389 e. The number of aliphatic hydroxyl groups is 1. The highest BCUT2D eigenvalue weighted by atomic mass is 16.5. The fraction of sp³-hybridized carbons (Fsp3) is 0.786. The van der Waals surface area contributed by atoms with Gasteiger partial charge in [-0.25, -0.2) is 4.98 Å². The van der Waals surface area contributed by atoms with Crippen LogP contribution in [0.1, 0.15) is 25.7 Å². The predicted molar refractivity (Wildman–Crippen MR) is 73.9 cm³/mol. The van der Waals surface area contributed by atoms with Crippen LogP contribution in [-0.4, -0.2) is 47.1 Å². The van der Waals surface area contributed by atoms with Crippen molar-refractivity contribution in [1.82, 2.24) is 14.9 Å². The van der Waals surface area contributed by atoms with Crippen molar-refractivity contribution in [2.75, 3.05) is 26.3 Å². The van der Waals surface area contributed by atoms with E-state index in [9.17, 15) is 5.11 Å². The van der Waals surface area contributed by atoms with E-state index in [1.165, 1.54) is 12.8 Å². The molecule has 2 N–H and O–H groups in total. The van der Waals surface area contributed by atoms with Crippen molar-refractivity contribution in [3.8, 4) is 0 Å². The number of nitrogens with zero attached hydrogens (tertiary/aromatic N) is 2. The Bertz CT molecular complexity index is 325. The third kappa shape index (κ3) is 6.71. The van der Waals surface area contributed by atoms with Crippen molar-refractivity contribution in [3.63, 3.8) is 0 Å². The Hall–Kier alpha value is -0.910. The third-order valence-electron chi connectivity index (χ3n) is 3.32. The van der Waals surface area contributed by atoms with Crippen molar-refractivity contribution in [2.45, 2.75) is 38.3 Å². The molecule has 0 spiro atoms. The number of hydrogen-bond acceptors (Lipinski definition) is 4. The monoisotopic (exact) mass is 267 g/mol. The summed E-state index contributed by atoms with van der Waals surface area (Å²) in [5.74, 6) is 0.767. The Kier molecular flexibility index (Phi) is 6.33. The molecule has 108 valence electrons. The summed E-state index contributed by atoms with van der Waals surface area (Å²) in [6.07, 6.45) is 10.1. The lowest BCUT2D eigenvalue weighted by Crippen LogP contribution is -2.31. The second-order valence-electron chi connectivity index (χ2n) is 5.35. The summed E-state index contributed by atoms with van der Waals surface area (Å²) in [5, 5.41) is 13.0. The van der Waals surface area contributed by atoms with Gasteiger partial charge in [-0.1, -0.05) is 0 Å². The number of aliphatic hydroxyl groups excluding tert-OH is 1. The molecule has 5 nitrogen and oxygen atoms in total. The number of aryl methyl sites for hydroxylation is 1. The first-order valence-electron chi connectivity index (χ1n) is 7.27. The highest BCUT2D eigenvalue weighted by Gasteiger charge is 2.21. The molecule has 1 heterocycles. The molecular formula is C14H25N3O2. The molecule has 1 saturated carbocycles. The lowest BCUT2D eigenvalue weighted by Gasteiger charge is -2.12. The summed E-state index contributed by atoms with van der Waals surface area (Å²) in [7, 11) is 0. The molecule has 1 atom stereocenters. The molecule has 0 aliphatic heterocycles. The Morgan fingerprint density at radius 3 is 3.05 bits per heavy atom. The Morgan fingerprint density at radius 2 is 2.32 bits per heavy atom. The van der Waals surface area contributed by atoms with Gasteiger partial charge in [-0.05, 0) is 38.1 Å². The molecule has 0 amide bonds. The van der Waals surface area contributed by atoms with Gasteiger partial charge in [0, 0.05) is 32.1 Å². The average molecular weight is 267 g/mol. The van der Waals surface area contributed by atoms with E-state index in [2.05, 4.69) is 14.9 Å². The predicted octanol–water partition coefficient (Wildman–Crippen LogP) is 1.04. The molecule has 0 aromatic carbocycles. The molecule has 1 aliphatic rings. The number of imidazole rings is 1. The summed E-state index contributed by atoms with van der Waals surface area (Å²) >= 11 is 0. The Balaban J connectivity index is 1.36. The van der Waals surface area contributed by atoms with Crippen molar-refractivity contribution < 1.29 is 9.84 Å². The highest BCUT2D eigenvalue weighted by Crippen LogP contribution is 2.28. The van der Waals surface area contributed by atoms with Crippen LogP contribution in [0.2, 0.25) is 0 Å². The van der Waals surface area contributed by atoms with Crippen LogP contribution < -0.4 is 5.32 Å². The fourth-order valence-corrected chi connectivity index (χ4v) is 1.95. The maximum Gasteiger partial charge on any atom is 0.0945 e. The van der Waals surface area contributed by atoms with Crippen LogP contribution in [0.15, 0.2) is 18.7 Å². The van der Waals surface area contributed by atoms with Gasteiger partial charge in [0.25, 0.3) is 0 Å². The molecule has 1 aromatic rings. The van der Waals surface area contributed by atoms with Gasteiger partial charge in [-0.15, -0.1) is 0 Å². The zero-order valence-electron chi connectivity index (χ0n) is 11.5. The van der Waals surface area contributed by atoms with Gasteiger partial charge < -0.3 is 19.7 Å². The molecule has 1 fully saturated rings. The standard InChI is InChI=1S/C14H25N3O2/c18-14(11-19-10-13-3-4-13)9-15-5-1-2-7-17-8-6-16-12-17/h6,8,12-15,18H,1-5,7,9-11H2. The van der Waals surface area contributed by atoms with Gasteiger partial charge in [0.15, 0.2) is 0 Å². The quantitative estimate of drug-likeness (QED) is 0.588. The molecule has 19 heavy (non-hydrogen) atoms. The van der Waals surface area contributed by atoms with Crippen LogP contribution in [0.3, 0.4) is 0 Å². The second-order valence-corrected chi connectivity index (χ2v) is 5.35. The molecule has 1 aliphatic carbocycles. The molecule has 1 unspecified atom stereocenters. The van der Waals surface area contributed by atoms with Gasteiger partial charge in [-0.2, -0.15) is 0 Å². The van der Waals surface area contributed by atoms with Crippen molar-refractivity contribution in [1.29, 1.82) is 0 Å². The van der Waals surface area contributed by atoms with E-state index in [4.69, 9.17) is 4.74 Å². The molecule has 0 bridgehead atoms. The van der Waals surface area contributed by atoms with E-state index < -0.39 is 0 Å². The first-order chi connectivity index (χ1) is 9.34. The first-order valence-corrected chi connectivity index (χ1v) is 7.27. The van der Waals surface area contributed by atoms with Gasteiger partial charge >= 0.3 is 0 Å². The molecule has 1 aromatic heterocycles. The van der Waals surface area contributed by atoms with E-state index in [-0.39, 0.29) is 6.10 Å². The number of ether oxygens (including phenoxy) is 1. The molecule has 0 radical (unpaired) electrons. The number of nitrogens with one attached hydrogen (secondary N) is 1. The number of aromatic nitrogens is 2. The number of rotatable bonds is 11. The van der Waals surface area contributed by atoms with Crippen molar-refractivity contribution >= 4 is 0 Å². The van der Waals surface area contributed by atoms with Crippen LogP contribution in [0.25, 0.3) is 0 Å². The minimum absolute atomic E-state index is 0.382. The summed E-state index contributed by atoms with van der Waals surface area (Å²) in [6, 6.07) is 0. The topological polar surface area (TPSA) is 59.3 Å². The maximum absolute atomic E-state index is 9.69. The zero-order chi connectivity index (χ0) is 13.3. The van der Waals surface area contributed by atoms with Gasteiger partial charge in [0.1, 0.15) is 0 Å². The third-order valence-corrected chi connectivity index (χ3v) is 3.32. The fourth-order valence-electron chi connectivity index (χ4n) is 1.95. The SMILES string of the molecule is OC(CNCCCCn1ccnc1)COCC1CC1. The smallest absolute Gasteiger partial charge is 0.0945 e. The minimum atomic E-state index is -0.382. The van der Waals surface area contributed by atoms with Crippen LogP contribution in [0, 0.1) is 5.92 Å². The van der Waals surface area contributed by atoms with Gasteiger partial charge in [-0.3, -0.25) is 0 Å². The normalized spacial score (nSPS) is 16.7. The summed E-state index contributed by atoms with van der Waals surface area (Å²) in [5.41, 5.74) is 0. The maximum atomic E-state index is 9.69. The van der Waals surface area contributed by atoms with E-state index >= 15 is 0 Å². The molecule has 2 rings (SSSR count). The van der Waals surface area contributed by atoms with Crippen LogP contribution in [0.5, 0.6) is 0 Å². The average Bonchev–Trinajstić information content (AvgIpc) is 3.08. The number of unbranched alkanes of at least 4 members (excludes halogenated alkanes) is 1. The molecule has 5 heteroatoms. The van der Waals surface area contributed by atoms with Gasteiger partial charge in [0.2, 0.25) is 0 Å². The lowest BCUT2D eigenvalue weighted by molar-refractivity contribution is 0.0326. The highest BCUT2D eigenvalue weighted by molar-refractivity contribution is 4.74.